The molecular weight excluding hydrogens is 224 g/mol. The zero-order chi connectivity index (χ0) is 12.5. The van der Waals surface area contributed by atoms with E-state index >= 15 is 0 Å². The number of aryl methyl sites for hydroxylation is 1. The molecule has 1 unspecified atom stereocenters. The largest absolute Gasteiger partial charge is 0.382 e. The molecule has 3 heteroatoms. The molecule has 0 aliphatic carbocycles. The summed E-state index contributed by atoms with van der Waals surface area (Å²) in [6.45, 7) is 0. The van der Waals surface area contributed by atoms with Crippen molar-refractivity contribution in [3.63, 3.8) is 0 Å². The van der Waals surface area contributed by atoms with E-state index in [-0.39, 0.29) is 0 Å². The Balaban J connectivity index is 2.12. The highest BCUT2D eigenvalue weighted by molar-refractivity contribution is 5.81. The van der Waals surface area contributed by atoms with E-state index in [1.54, 1.807) is 12.4 Å². The molecule has 0 radical (unpaired) electrons. The summed E-state index contributed by atoms with van der Waals surface area (Å²) < 4.78 is 2.02. The van der Waals surface area contributed by atoms with Gasteiger partial charge in [0, 0.05) is 30.5 Å². The number of hydrogen-bond acceptors (Lipinski definition) is 2. The van der Waals surface area contributed by atoms with Crippen LogP contribution in [0.5, 0.6) is 0 Å². The van der Waals surface area contributed by atoms with E-state index in [4.69, 9.17) is 0 Å². The van der Waals surface area contributed by atoms with Crippen LogP contribution in [-0.2, 0) is 7.05 Å². The molecule has 3 aromatic rings. The molecule has 2 heterocycles. The van der Waals surface area contributed by atoms with Crippen LogP contribution in [0.2, 0.25) is 0 Å². The number of pyridine rings is 1. The van der Waals surface area contributed by atoms with Gasteiger partial charge in [0.15, 0.2) is 0 Å². The van der Waals surface area contributed by atoms with Crippen LogP contribution in [0.4, 0.5) is 0 Å². The van der Waals surface area contributed by atoms with Crippen molar-refractivity contribution in [2.45, 2.75) is 6.10 Å². The number of aliphatic hydroxyl groups is 1. The molecule has 0 saturated carbocycles. The van der Waals surface area contributed by atoms with Crippen molar-refractivity contribution in [1.29, 1.82) is 0 Å². The first-order chi connectivity index (χ1) is 8.77. The molecule has 0 saturated heterocycles. The Labute approximate surface area is 105 Å². The molecule has 90 valence electrons. The number of para-hydroxylation sites is 1. The molecule has 0 amide bonds. The lowest BCUT2D eigenvalue weighted by Crippen LogP contribution is -2.05. The Morgan fingerprint density at radius 2 is 2.00 bits per heavy atom. The lowest BCUT2D eigenvalue weighted by Gasteiger charge is -2.12. The summed E-state index contributed by atoms with van der Waals surface area (Å²) in [5.41, 5.74) is 2.81. The fourth-order valence-electron chi connectivity index (χ4n) is 2.28. The molecule has 1 aromatic carbocycles. The zero-order valence-corrected chi connectivity index (χ0v) is 10.1. The molecule has 0 aliphatic rings. The van der Waals surface area contributed by atoms with Crippen LogP contribution in [-0.4, -0.2) is 14.7 Å². The van der Waals surface area contributed by atoms with Gasteiger partial charge in [0.05, 0.1) is 5.69 Å². The summed E-state index contributed by atoms with van der Waals surface area (Å²) in [5, 5.41) is 11.5. The molecule has 0 bridgehead atoms. The molecular formula is C15H14N2O. The fraction of sp³-hybridized carbons (Fsp3) is 0.133. The highest BCUT2D eigenvalue weighted by atomic mass is 16.3. The number of aliphatic hydroxyl groups excluding tert-OH is 1. The lowest BCUT2D eigenvalue weighted by atomic mass is 10.1. The second-order valence-corrected chi connectivity index (χ2v) is 4.38. The Morgan fingerprint density at radius 3 is 2.72 bits per heavy atom. The van der Waals surface area contributed by atoms with E-state index < -0.39 is 6.10 Å². The Bertz CT molecular complexity index is 673. The maximum Gasteiger partial charge on any atom is 0.120 e. The van der Waals surface area contributed by atoms with E-state index in [0.29, 0.717) is 0 Å². The van der Waals surface area contributed by atoms with Crippen molar-refractivity contribution in [2.75, 3.05) is 0 Å². The molecule has 1 N–H and O–H groups in total. The molecule has 0 spiro atoms. The van der Waals surface area contributed by atoms with E-state index in [1.807, 2.05) is 41.9 Å². The number of fused-ring (bicyclic) bond motifs is 1. The topological polar surface area (TPSA) is 38.0 Å². The molecule has 18 heavy (non-hydrogen) atoms. The van der Waals surface area contributed by atoms with Crippen molar-refractivity contribution >= 4 is 10.9 Å². The molecule has 2 aromatic heterocycles. The minimum atomic E-state index is -0.643. The third-order valence-electron chi connectivity index (χ3n) is 3.27. The van der Waals surface area contributed by atoms with Gasteiger partial charge < -0.3 is 9.67 Å². The first-order valence-electron chi connectivity index (χ1n) is 5.90. The summed E-state index contributed by atoms with van der Waals surface area (Å²) in [6, 6.07) is 13.8. The Kier molecular flexibility index (Phi) is 2.61. The average molecular weight is 238 g/mol. The van der Waals surface area contributed by atoms with Crippen LogP contribution in [0, 0.1) is 0 Å². The van der Waals surface area contributed by atoms with E-state index in [0.717, 1.165) is 22.2 Å². The minimum Gasteiger partial charge on any atom is -0.382 e. The predicted octanol–water partition coefficient (Wildman–Crippen LogP) is 2.66. The summed E-state index contributed by atoms with van der Waals surface area (Å²) in [6.07, 6.45) is 2.76. The van der Waals surface area contributed by atoms with Crippen LogP contribution in [0.3, 0.4) is 0 Å². The maximum absolute atomic E-state index is 10.4. The minimum absolute atomic E-state index is 0.643. The van der Waals surface area contributed by atoms with Crippen molar-refractivity contribution < 1.29 is 5.11 Å². The van der Waals surface area contributed by atoms with E-state index in [1.165, 1.54) is 0 Å². The van der Waals surface area contributed by atoms with Gasteiger partial charge in [-0.2, -0.15) is 0 Å². The van der Waals surface area contributed by atoms with Gasteiger partial charge in [0.1, 0.15) is 6.10 Å². The smallest absolute Gasteiger partial charge is 0.120 e. The third kappa shape index (κ3) is 1.69. The molecule has 1 atom stereocenters. The average Bonchev–Trinajstić information content (AvgIpc) is 2.77. The Morgan fingerprint density at radius 1 is 1.17 bits per heavy atom. The monoisotopic (exact) mass is 238 g/mol. The van der Waals surface area contributed by atoms with Gasteiger partial charge in [0.2, 0.25) is 0 Å². The van der Waals surface area contributed by atoms with Crippen LogP contribution < -0.4 is 0 Å². The predicted molar refractivity (Wildman–Crippen MR) is 71.2 cm³/mol. The van der Waals surface area contributed by atoms with Crippen molar-refractivity contribution in [3.8, 4) is 0 Å². The van der Waals surface area contributed by atoms with Gasteiger partial charge in [-0.15, -0.1) is 0 Å². The zero-order valence-electron chi connectivity index (χ0n) is 10.1. The fourth-order valence-corrected chi connectivity index (χ4v) is 2.28. The lowest BCUT2D eigenvalue weighted by molar-refractivity contribution is 0.211. The van der Waals surface area contributed by atoms with E-state index in [2.05, 4.69) is 17.1 Å². The first-order valence-corrected chi connectivity index (χ1v) is 5.90. The number of nitrogens with zero attached hydrogens (tertiary/aromatic N) is 2. The summed E-state index contributed by atoms with van der Waals surface area (Å²) in [5.74, 6) is 0. The standard InChI is InChI=1S/C15H14N2O/c1-17-13-7-3-2-5-11(13)9-14(17)15(18)12-6-4-8-16-10-12/h2-10,15,18H,1H3. The molecule has 0 aliphatic heterocycles. The third-order valence-corrected chi connectivity index (χ3v) is 3.27. The van der Waals surface area contributed by atoms with Crippen LogP contribution in [0.1, 0.15) is 17.4 Å². The molecule has 3 rings (SSSR count). The van der Waals surface area contributed by atoms with Crippen molar-refractivity contribution in [2.24, 2.45) is 7.05 Å². The second kappa shape index (κ2) is 4.27. The second-order valence-electron chi connectivity index (χ2n) is 4.38. The highest BCUT2D eigenvalue weighted by Gasteiger charge is 2.15. The van der Waals surface area contributed by atoms with Gasteiger partial charge >= 0.3 is 0 Å². The maximum atomic E-state index is 10.4. The number of rotatable bonds is 2. The summed E-state index contributed by atoms with van der Waals surface area (Å²) in [7, 11) is 1.97. The SMILES string of the molecule is Cn1c(C(O)c2cccnc2)cc2ccccc21. The molecule has 3 nitrogen and oxygen atoms in total. The quantitative estimate of drug-likeness (QED) is 0.745. The van der Waals surface area contributed by atoms with Gasteiger partial charge in [0.25, 0.3) is 0 Å². The van der Waals surface area contributed by atoms with Gasteiger partial charge in [-0.1, -0.05) is 24.3 Å². The molecule has 0 fully saturated rings. The van der Waals surface area contributed by atoms with Crippen molar-refractivity contribution in [1.82, 2.24) is 9.55 Å². The normalized spacial score (nSPS) is 12.8. The number of aromatic nitrogens is 2. The first kappa shape index (κ1) is 11.0. The number of hydrogen-bond donors (Lipinski definition) is 1. The Hall–Kier alpha value is -2.13. The van der Waals surface area contributed by atoms with Gasteiger partial charge in [-0.3, -0.25) is 4.98 Å². The highest BCUT2D eigenvalue weighted by Crippen LogP contribution is 2.26. The van der Waals surface area contributed by atoms with E-state index in [9.17, 15) is 5.11 Å². The van der Waals surface area contributed by atoms with Crippen LogP contribution in [0.15, 0.2) is 54.9 Å². The van der Waals surface area contributed by atoms with Crippen LogP contribution in [0.25, 0.3) is 10.9 Å². The number of benzene rings is 1. The van der Waals surface area contributed by atoms with Gasteiger partial charge in [-0.05, 0) is 23.6 Å². The summed E-state index contributed by atoms with van der Waals surface area (Å²) in [4.78, 5) is 4.05. The van der Waals surface area contributed by atoms with Crippen molar-refractivity contribution in [3.05, 3.63) is 66.1 Å². The summed E-state index contributed by atoms with van der Waals surface area (Å²) >= 11 is 0. The van der Waals surface area contributed by atoms with Gasteiger partial charge in [-0.25, -0.2) is 0 Å². The van der Waals surface area contributed by atoms with Crippen LogP contribution >= 0.6 is 0 Å².